The molecule has 0 bridgehead atoms. The number of fused-ring (bicyclic) bond motifs is 3. The smallest absolute Gasteiger partial charge is 0.258 e. The summed E-state index contributed by atoms with van der Waals surface area (Å²) < 4.78 is 1.83. The van der Waals surface area contributed by atoms with Gasteiger partial charge in [0.15, 0.2) is 0 Å². The van der Waals surface area contributed by atoms with Crippen LogP contribution in [0.3, 0.4) is 0 Å². The fourth-order valence-corrected chi connectivity index (χ4v) is 4.96. The third-order valence-corrected chi connectivity index (χ3v) is 6.59. The lowest BCUT2D eigenvalue weighted by atomic mass is 10.1. The summed E-state index contributed by atoms with van der Waals surface area (Å²) in [5, 5.41) is 9.52. The Kier molecular flexibility index (Phi) is 5.11. The lowest BCUT2D eigenvalue weighted by molar-refractivity contribution is 0.0986. The van der Waals surface area contributed by atoms with E-state index in [4.69, 9.17) is 0 Å². The molecule has 2 aromatic carbocycles. The average Bonchev–Trinajstić information content (AvgIpc) is 3.38. The Morgan fingerprint density at radius 3 is 2.62 bits per heavy atom. The van der Waals surface area contributed by atoms with E-state index in [1.54, 1.807) is 41.7 Å². The minimum atomic E-state index is -0.164. The van der Waals surface area contributed by atoms with Gasteiger partial charge in [-0.05, 0) is 60.7 Å². The summed E-state index contributed by atoms with van der Waals surface area (Å²) in [7, 11) is 1.92. The lowest BCUT2D eigenvalue weighted by Gasteiger charge is -2.21. The van der Waals surface area contributed by atoms with Crippen LogP contribution in [-0.2, 0) is 13.5 Å². The highest BCUT2D eigenvalue weighted by molar-refractivity contribution is 7.14. The number of hydrogen-bond acceptors (Lipinski definition) is 4. The number of hydrogen-bond donors (Lipinski definition) is 1. The third kappa shape index (κ3) is 3.61. The first-order valence-corrected chi connectivity index (χ1v) is 11.3. The normalized spacial score (nSPS) is 12.6. The Bertz CT molecular complexity index is 1320. The Morgan fingerprint density at radius 1 is 1.06 bits per heavy atom. The van der Waals surface area contributed by atoms with Gasteiger partial charge in [-0.1, -0.05) is 18.2 Å². The molecule has 0 aliphatic carbocycles. The summed E-state index contributed by atoms with van der Waals surface area (Å²) in [6.45, 7) is 2.50. The highest BCUT2D eigenvalue weighted by Gasteiger charge is 2.27. The molecule has 160 valence electrons. The Balaban J connectivity index is 1.36. The summed E-state index contributed by atoms with van der Waals surface area (Å²) in [5.41, 5.74) is 5.79. The molecule has 0 spiro atoms. The Morgan fingerprint density at radius 2 is 1.84 bits per heavy atom. The maximum absolute atomic E-state index is 13.4. The van der Waals surface area contributed by atoms with Crippen molar-refractivity contribution < 1.29 is 9.59 Å². The average molecular weight is 443 g/mol. The summed E-state index contributed by atoms with van der Waals surface area (Å²) in [6.07, 6.45) is 2.78. The van der Waals surface area contributed by atoms with Gasteiger partial charge in [-0.15, -0.1) is 11.3 Å². The maximum atomic E-state index is 13.4. The van der Waals surface area contributed by atoms with Crippen molar-refractivity contribution in [2.75, 3.05) is 16.8 Å². The SMILES string of the molecule is Cc1ccccc1C(=O)Nc1ccc(C(=O)N2CCc3cn(C)nc3-c3sccc32)cc1. The largest absolute Gasteiger partial charge is 0.322 e. The van der Waals surface area contributed by atoms with Crippen molar-refractivity contribution in [2.24, 2.45) is 7.05 Å². The molecule has 32 heavy (non-hydrogen) atoms. The number of benzene rings is 2. The minimum Gasteiger partial charge on any atom is -0.322 e. The lowest BCUT2D eigenvalue weighted by Crippen LogP contribution is -2.32. The van der Waals surface area contributed by atoms with Gasteiger partial charge in [-0.25, -0.2) is 0 Å². The van der Waals surface area contributed by atoms with Crippen LogP contribution in [0.25, 0.3) is 10.6 Å². The minimum absolute atomic E-state index is 0.0593. The van der Waals surface area contributed by atoms with E-state index in [1.807, 2.05) is 59.4 Å². The maximum Gasteiger partial charge on any atom is 0.258 e. The van der Waals surface area contributed by atoms with E-state index in [0.717, 1.165) is 33.8 Å². The predicted molar refractivity (Wildman–Crippen MR) is 127 cm³/mol. The van der Waals surface area contributed by atoms with E-state index in [9.17, 15) is 9.59 Å². The van der Waals surface area contributed by atoms with E-state index in [2.05, 4.69) is 10.4 Å². The van der Waals surface area contributed by atoms with Crippen LogP contribution in [0.1, 0.15) is 31.8 Å². The first kappa shape index (κ1) is 20.2. The number of thiophene rings is 1. The van der Waals surface area contributed by atoms with Crippen LogP contribution >= 0.6 is 11.3 Å². The van der Waals surface area contributed by atoms with Crippen LogP contribution in [0.5, 0.6) is 0 Å². The van der Waals surface area contributed by atoms with Crippen molar-refractivity contribution in [1.82, 2.24) is 9.78 Å². The van der Waals surface area contributed by atoms with Gasteiger partial charge in [-0.2, -0.15) is 5.10 Å². The van der Waals surface area contributed by atoms with Gasteiger partial charge in [0.1, 0.15) is 5.69 Å². The van der Waals surface area contributed by atoms with E-state index in [0.29, 0.717) is 23.4 Å². The molecule has 2 amide bonds. The zero-order chi connectivity index (χ0) is 22.2. The van der Waals surface area contributed by atoms with Gasteiger partial charge >= 0.3 is 0 Å². The molecule has 1 aliphatic rings. The first-order valence-electron chi connectivity index (χ1n) is 10.4. The van der Waals surface area contributed by atoms with Crippen molar-refractivity contribution in [3.05, 3.63) is 88.4 Å². The number of carbonyl (C=O) groups excluding carboxylic acids is 2. The molecule has 3 heterocycles. The topological polar surface area (TPSA) is 67.2 Å². The molecular formula is C25H22N4O2S. The first-order chi connectivity index (χ1) is 15.5. The number of nitrogens with one attached hydrogen (secondary N) is 1. The third-order valence-electron chi connectivity index (χ3n) is 5.68. The van der Waals surface area contributed by atoms with Crippen molar-refractivity contribution in [3.63, 3.8) is 0 Å². The molecule has 0 atom stereocenters. The molecule has 0 radical (unpaired) electrons. The van der Waals surface area contributed by atoms with Gasteiger partial charge in [0.05, 0.1) is 10.6 Å². The van der Waals surface area contributed by atoms with Gasteiger partial charge < -0.3 is 10.2 Å². The van der Waals surface area contributed by atoms with Crippen LogP contribution in [0.4, 0.5) is 11.4 Å². The van der Waals surface area contributed by atoms with Crippen LogP contribution in [-0.4, -0.2) is 28.1 Å². The number of aromatic nitrogens is 2. The van der Waals surface area contributed by atoms with E-state index < -0.39 is 0 Å². The van der Waals surface area contributed by atoms with Crippen LogP contribution in [0.15, 0.2) is 66.2 Å². The molecule has 6 nitrogen and oxygen atoms in total. The zero-order valence-electron chi connectivity index (χ0n) is 17.8. The van der Waals surface area contributed by atoms with Crippen molar-refractivity contribution in [1.29, 1.82) is 0 Å². The molecule has 5 rings (SSSR count). The molecule has 1 N–H and O–H groups in total. The highest BCUT2D eigenvalue weighted by Crippen LogP contribution is 2.40. The summed E-state index contributed by atoms with van der Waals surface area (Å²) >= 11 is 1.60. The van der Waals surface area contributed by atoms with E-state index in [-0.39, 0.29) is 11.8 Å². The summed E-state index contributed by atoms with van der Waals surface area (Å²) in [4.78, 5) is 28.8. The van der Waals surface area contributed by atoms with Gasteiger partial charge in [0, 0.05) is 42.2 Å². The van der Waals surface area contributed by atoms with Crippen molar-refractivity contribution in [2.45, 2.75) is 13.3 Å². The van der Waals surface area contributed by atoms with Gasteiger partial charge in [0.25, 0.3) is 11.8 Å². The molecule has 0 fully saturated rings. The number of carbonyl (C=O) groups is 2. The van der Waals surface area contributed by atoms with E-state index in [1.165, 1.54) is 0 Å². The van der Waals surface area contributed by atoms with Crippen LogP contribution in [0, 0.1) is 6.92 Å². The van der Waals surface area contributed by atoms with Gasteiger partial charge in [0.2, 0.25) is 0 Å². The molecule has 2 aromatic heterocycles. The second-order valence-electron chi connectivity index (χ2n) is 7.86. The number of amides is 2. The fraction of sp³-hybridized carbons (Fsp3) is 0.160. The summed E-state index contributed by atoms with van der Waals surface area (Å²) in [6, 6.07) is 16.5. The standard InChI is InChI=1S/C25H22N4O2S/c1-16-5-3-4-6-20(16)24(30)26-19-9-7-17(8-10-19)25(31)29-13-11-18-15-28(2)27-22(18)23-21(29)12-14-32-23/h3-10,12,14-15H,11,13H2,1-2H3,(H,26,30). The number of aryl methyl sites for hydroxylation is 2. The highest BCUT2D eigenvalue weighted by atomic mass is 32.1. The second-order valence-corrected chi connectivity index (χ2v) is 8.78. The fourth-order valence-electron chi connectivity index (χ4n) is 4.05. The summed E-state index contributed by atoms with van der Waals surface area (Å²) in [5.74, 6) is -0.223. The van der Waals surface area contributed by atoms with E-state index >= 15 is 0 Å². The van der Waals surface area contributed by atoms with Crippen molar-refractivity contribution >= 4 is 34.5 Å². The van der Waals surface area contributed by atoms with Crippen LogP contribution in [0.2, 0.25) is 0 Å². The Hall–Kier alpha value is -3.71. The van der Waals surface area contributed by atoms with Gasteiger partial charge in [-0.3, -0.25) is 14.3 Å². The number of anilines is 2. The predicted octanol–water partition coefficient (Wildman–Crippen LogP) is 4.91. The molecule has 0 saturated carbocycles. The number of nitrogens with zero attached hydrogens (tertiary/aromatic N) is 3. The quantitative estimate of drug-likeness (QED) is 0.490. The molecule has 1 aliphatic heterocycles. The van der Waals surface area contributed by atoms with Crippen molar-refractivity contribution in [3.8, 4) is 10.6 Å². The zero-order valence-corrected chi connectivity index (χ0v) is 18.6. The monoisotopic (exact) mass is 442 g/mol. The molecular weight excluding hydrogens is 420 g/mol. The second kappa shape index (κ2) is 8.09. The molecule has 0 unspecified atom stereocenters. The Labute approximate surface area is 190 Å². The van der Waals surface area contributed by atoms with Crippen LogP contribution < -0.4 is 10.2 Å². The molecule has 7 heteroatoms. The molecule has 0 saturated heterocycles. The number of rotatable bonds is 3. The molecule has 4 aromatic rings.